The summed E-state index contributed by atoms with van der Waals surface area (Å²) in [5.41, 5.74) is 5.29. The maximum absolute atomic E-state index is 15.2. The van der Waals surface area contributed by atoms with Gasteiger partial charge in [-0.3, -0.25) is 29.8 Å². The lowest BCUT2D eigenvalue weighted by molar-refractivity contribution is -0.164. The molecule has 0 fully saturated rings. The zero-order chi connectivity index (χ0) is 46.1. The molecule has 0 saturated heterocycles. The van der Waals surface area contributed by atoms with E-state index < -0.39 is 70.6 Å². The largest absolute Gasteiger partial charge is 0.459 e. The number of rotatable bonds is 14. The predicted molar refractivity (Wildman–Crippen MR) is 252 cm³/mol. The fraction of sp³-hybridized carbons (Fsp3) is 0.286. The molecule has 0 amide bonds. The van der Waals surface area contributed by atoms with Crippen LogP contribution >= 0.6 is 0 Å². The first-order valence-corrected chi connectivity index (χ1v) is 22.2. The van der Waals surface area contributed by atoms with Crippen molar-refractivity contribution in [1.82, 2.24) is 10.6 Å². The molecule has 6 aromatic rings. The zero-order valence-electron chi connectivity index (χ0n) is 38.0. The molecule has 0 saturated carbocycles. The molecule has 0 spiro atoms. The molecule has 0 radical (unpaired) electrons. The molecule has 0 aromatic heterocycles. The van der Waals surface area contributed by atoms with Crippen molar-refractivity contribution in [2.24, 2.45) is 0 Å². The Balaban J connectivity index is 1.23. The average molecular weight is 869 g/mol. The van der Waals surface area contributed by atoms with Crippen LogP contribution in [0, 0.1) is 0 Å². The summed E-state index contributed by atoms with van der Waals surface area (Å²) in [5.74, 6) is -2.60. The van der Waals surface area contributed by atoms with Gasteiger partial charge in [0.2, 0.25) is 0 Å². The van der Waals surface area contributed by atoms with Crippen LogP contribution in [0.1, 0.15) is 94.7 Å². The Labute approximate surface area is 381 Å². The van der Waals surface area contributed by atoms with Crippen LogP contribution in [0.25, 0.3) is 22.3 Å². The van der Waals surface area contributed by atoms with Crippen LogP contribution in [0.3, 0.4) is 0 Å². The number of hydrogen-bond acceptors (Lipinski definition) is 9. The minimum atomic E-state index is -1.49. The topological polar surface area (TPSA) is 120 Å². The Morgan fingerprint density at radius 3 is 1.15 bits per heavy atom. The van der Waals surface area contributed by atoms with Crippen LogP contribution in [0.15, 0.2) is 158 Å². The fourth-order valence-corrected chi connectivity index (χ4v) is 9.61. The summed E-state index contributed by atoms with van der Waals surface area (Å²) < 4.78 is 18.1. The van der Waals surface area contributed by atoms with Gasteiger partial charge in [0.25, 0.3) is 0 Å². The van der Waals surface area contributed by atoms with Crippen molar-refractivity contribution in [1.29, 1.82) is 0 Å². The predicted octanol–water partition coefficient (Wildman–Crippen LogP) is 9.81. The van der Waals surface area contributed by atoms with Crippen LogP contribution < -0.4 is 10.6 Å². The molecule has 3 atom stereocenters. The molecule has 0 aliphatic heterocycles. The lowest BCUT2D eigenvalue weighted by atomic mass is 9.79. The van der Waals surface area contributed by atoms with Crippen molar-refractivity contribution >= 4 is 23.7 Å². The van der Waals surface area contributed by atoms with E-state index in [1.165, 1.54) is 6.92 Å². The fourth-order valence-electron chi connectivity index (χ4n) is 9.61. The van der Waals surface area contributed by atoms with Gasteiger partial charge in [-0.05, 0) is 97.2 Å². The van der Waals surface area contributed by atoms with E-state index in [2.05, 4.69) is 34.9 Å². The van der Waals surface area contributed by atoms with Gasteiger partial charge in [-0.2, -0.15) is 0 Å². The number of carbonyl (C=O) groups is 4. The Morgan fingerprint density at radius 1 is 0.477 bits per heavy atom. The van der Waals surface area contributed by atoms with Crippen molar-refractivity contribution in [3.05, 3.63) is 191 Å². The molecule has 0 bridgehead atoms. The first-order chi connectivity index (χ1) is 31.0. The molecule has 9 nitrogen and oxygen atoms in total. The standard InChI is InChI=1S/C56H56N2O7/c1-36(59)63-50(35-48(52(62)65-54(5,6)7)58-56(38-24-12-9-13-25-38)45-32-20-16-28-41(45)42-29-17-21-33-46(42)56)49(60)34-47(51(61)64-53(2,3)4)57-55(37-22-10-8-11-23-37)43-30-18-14-26-39(43)40-27-15-19-31-44(40)55/h8-33,47-48,50,57-58H,34-35H2,1-7H3/t47-,48-,50-/m0/s1. The highest BCUT2D eigenvalue weighted by molar-refractivity contribution is 5.92. The minimum Gasteiger partial charge on any atom is -0.459 e. The molecule has 0 unspecified atom stereocenters. The number of nitrogens with one attached hydrogen (secondary N) is 2. The van der Waals surface area contributed by atoms with Gasteiger partial charge in [0, 0.05) is 19.8 Å². The number of hydrogen-bond donors (Lipinski definition) is 2. The third-order valence-corrected chi connectivity index (χ3v) is 12.0. The number of ether oxygens (including phenoxy) is 3. The van der Waals surface area contributed by atoms with E-state index in [1.807, 2.05) is 133 Å². The number of fused-ring (bicyclic) bond motifs is 6. The summed E-state index contributed by atoms with van der Waals surface area (Å²) in [7, 11) is 0. The SMILES string of the molecule is CC(=O)O[C@@H](C[C@H](NC1(c2ccccc2)c2ccccc2-c2ccccc21)C(=O)OC(C)(C)C)C(=O)C[C@H](NC1(c2ccccc2)c2ccccc2-c2ccccc21)C(=O)OC(C)(C)C. The van der Waals surface area contributed by atoms with Gasteiger partial charge < -0.3 is 14.2 Å². The number of esters is 3. The maximum Gasteiger partial charge on any atom is 0.324 e. The molecule has 332 valence electrons. The van der Waals surface area contributed by atoms with Gasteiger partial charge in [0.1, 0.15) is 23.3 Å². The van der Waals surface area contributed by atoms with Crippen LogP contribution in [0.2, 0.25) is 0 Å². The van der Waals surface area contributed by atoms with Crippen molar-refractivity contribution in [3.63, 3.8) is 0 Å². The quantitative estimate of drug-likeness (QED) is 0.0815. The highest BCUT2D eigenvalue weighted by Crippen LogP contribution is 2.53. The maximum atomic E-state index is 15.2. The molecular formula is C56H56N2O7. The molecule has 0 heterocycles. The van der Waals surface area contributed by atoms with E-state index in [1.54, 1.807) is 41.5 Å². The Bertz CT molecular complexity index is 2640. The van der Waals surface area contributed by atoms with Gasteiger partial charge in [0.05, 0.1) is 11.1 Å². The van der Waals surface area contributed by atoms with Crippen LogP contribution in [-0.2, 0) is 44.5 Å². The zero-order valence-corrected chi connectivity index (χ0v) is 38.0. The first-order valence-electron chi connectivity index (χ1n) is 22.2. The summed E-state index contributed by atoms with van der Waals surface area (Å²) in [6, 6.07) is 49.3. The second kappa shape index (κ2) is 17.7. The third-order valence-electron chi connectivity index (χ3n) is 12.0. The van der Waals surface area contributed by atoms with Gasteiger partial charge in [-0.15, -0.1) is 0 Å². The molecule has 2 aliphatic rings. The lowest BCUT2D eigenvalue weighted by Crippen LogP contribution is -2.56. The van der Waals surface area contributed by atoms with E-state index in [-0.39, 0.29) is 6.42 Å². The van der Waals surface area contributed by atoms with Gasteiger partial charge in [-0.25, -0.2) is 0 Å². The summed E-state index contributed by atoms with van der Waals surface area (Å²) >= 11 is 0. The monoisotopic (exact) mass is 868 g/mol. The molecule has 8 rings (SSSR count). The molecule has 6 aromatic carbocycles. The Hall–Kier alpha value is -6.68. The number of carbonyl (C=O) groups excluding carboxylic acids is 4. The Morgan fingerprint density at radius 2 is 0.800 bits per heavy atom. The van der Waals surface area contributed by atoms with Crippen molar-refractivity contribution in [3.8, 4) is 22.3 Å². The highest BCUT2D eigenvalue weighted by Gasteiger charge is 2.50. The first kappa shape index (κ1) is 44.9. The smallest absolute Gasteiger partial charge is 0.324 e. The number of Topliss-reactive ketones (excluding diaryl/α,β-unsaturated/α-hetero) is 1. The van der Waals surface area contributed by atoms with Crippen molar-refractivity contribution in [2.45, 2.75) is 102 Å². The summed E-state index contributed by atoms with van der Waals surface area (Å²) in [5, 5.41) is 7.42. The molecule has 9 heteroatoms. The van der Waals surface area contributed by atoms with Crippen molar-refractivity contribution in [2.75, 3.05) is 0 Å². The van der Waals surface area contributed by atoms with Crippen molar-refractivity contribution < 1.29 is 33.4 Å². The van der Waals surface area contributed by atoms with Gasteiger partial charge in [-0.1, -0.05) is 158 Å². The van der Waals surface area contributed by atoms with E-state index in [9.17, 15) is 14.4 Å². The van der Waals surface area contributed by atoms with Crippen LogP contribution in [0.5, 0.6) is 0 Å². The minimum absolute atomic E-state index is 0.303. The normalized spacial score (nSPS) is 15.6. The summed E-state index contributed by atoms with van der Waals surface area (Å²) in [4.78, 5) is 57.6. The van der Waals surface area contributed by atoms with E-state index in [0.29, 0.717) is 0 Å². The second-order valence-electron chi connectivity index (χ2n) is 18.9. The highest BCUT2D eigenvalue weighted by atomic mass is 16.6. The molecule has 65 heavy (non-hydrogen) atoms. The summed E-state index contributed by atoms with van der Waals surface area (Å²) in [6.45, 7) is 11.9. The molecule has 2 N–H and O–H groups in total. The van der Waals surface area contributed by atoms with E-state index in [4.69, 9.17) is 14.2 Å². The molecule has 2 aliphatic carbocycles. The second-order valence-corrected chi connectivity index (χ2v) is 18.9. The van der Waals surface area contributed by atoms with Gasteiger partial charge >= 0.3 is 17.9 Å². The van der Waals surface area contributed by atoms with E-state index in [0.717, 1.165) is 55.6 Å². The Kier molecular flexibility index (Phi) is 12.2. The lowest BCUT2D eigenvalue weighted by Gasteiger charge is -2.39. The third kappa shape index (κ3) is 8.78. The summed E-state index contributed by atoms with van der Waals surface area (Å²) in [6.07, 6.45) is -2.23. The van der Waals surface area contributed by atoms with E-state index >= 15 is 4.79 Å². The molecular weight excluding hydrogens is 813 g/mol. The van der Waals surface area contributed by atoms with Gasteiger partial charge in [0.15, 0.2) is 11.9 Å². The van der Waals surface area contributed by atoms with Crippen LogP contribution in [0.4, 0.5) is 0 Å². The number of benzene rings is 6. The number of ketones is 1. The average Bonchev–Trinajstić information content (AvgIpc) is 3.73. The van der Waals surface area contributed by atoms with Crippen LogP contribution in [-0.4, -0.2) is 53.1 Å².